The van der Waals surface area contributed by atoms with Crippen molar-refractivity contribution in [3.63, 3.8) is 0 Å². The number of anilines is 1. The number of carbonyl (C=O) groups excluding carboxylic acids is 2. The summed E-state index contributed by atoms with van der Waals surface area (Å²) in [6, 6.07) is 14.5. The molecule has 0 aromatic heterocycles. The van der Waals surface area contributed by atoms with E-state index >= 15 is 0 Å². The maximum Gasteiger partial charge on any atom is 0.285 e. The van der Waals surface area contributed by atoms with Gasteiger partial charge in [-0.3, -0.25) is 15.0 Å². The lowest BCUT2D eigenvalue weighted by molar-refractivity contribution is -0.123. The van der Waals surface area contributed by atoms with Gasteiger partial charge in [0.05, 0.1) is 10.6 Å². The Hall–Kier alpha value is -2.16. The third-order valence-corrected chi connectivity index (χ3v) is 5.73. The molecule has 0 saturated carbocycles. The maximum atomic E-state index is 12.7. The molecule has 27 heavy (non-hydrogen) atoms. The maximum absolute atomic E-state index is 12.7. The van der Waals surface area contributed by atoms with Crippen molar-refractivity contribution < 1.29 is 9.59 Å². The van der Waals surface area contributed by atoms with Crippen LogP contribution in [0.15, 0.2) is 57.9 Å². The third-order valence-electron chi connectivity index (χ3n) is 3.79. The Morgan fingerprint density at radius 1 is 1.22 bits per heavy atom. The number of hydrazine groups is 1. The quantitative estimate of drug-likeness (QED) is 0.549. The first-order valence-electron chi connectivity index (χ1n) is 7.97. The monoisotopic (exact) mass is 461 g/mol. The molecule has 0 radical (unpaired) electrons. The highest BCUT2D eigenvalue weighted by molar-refractivity contribution is 9.10. The number of nitrogens with zero attached hydrogens (tertiary/aromatic N) is 2. The summed E-state index contributed by atoms with van der Waals surface area (Å²) in [4.78, 5) is 27.4. The average Bonchev–Trinajstić information content (AvgIpc) is 2.89. The molecule has 1 heterocycles. The Balaban J connectivity index is 1.78. The van der Waals surface area contributed by atoms with E-state index in [2.05, 4.69) is 21.4 Å². The van der Waals surface area contributed by atoms with Crippen LogP contribution >= 0.6 is 39.9 Å². The van der Waals surface area contributed by atoms with Crippen LogP contribution < -0.4 is 10.3 Å². The van der Waals surface area contributed by atoms with E-state index in [9.17, 15) is 9.59 Å². The van der Waals surface area contributed by atoms with E-state index in [0.717, 1.165) is 32.5 Å². The molecule has 2 amide bonds. The van der Waals surface area contributed by atoms with Gasteiger partial charge in [0, 0.05) is 24.1 Å². The van der Waals surface area contributed by atoms with Crippen LogP contribution in [0, 0.1) is 0 Å². The Kier molecular flexibility index (Phi) is 5.98. The standard InChI is InChI=1S/C19H16BrN3O2S2/c1-22(2)15-9-8-12(10-14(15)20)11-16-18(25)23(19(26)27-16)21-17(24)13-6-4-3-5-7-13/h3-11H,1-2H3,(H,21,24)/b16-11-. The number of halogens is 1. The highest BCUT2D eigenvalue weighted by Gasteiger charge is 2.33. The number of nitrogens with one attached hydrogen (secondary N) is 1. The van der Waals surface area contributed by atoms with Gasteiger partial charge in [-0.15, -0.1) is 0 Å². The van der Waals surface area contributed by atoms with Crippen LogP contribution in [-0.2, 0) is 4.79 Å². The Morgan fingerprint density at radius 3 is 2.56 bits per heavy atom. The summed E-state index contributed by atoms with van der Waals surface area (Å²) in [5.41, 5.74) is 4.93. The van der Waals surface area contributed by atoms with Gasteiger partial charge in [-0.1, -0.05) is 36.0 Å². The van der Waals surface area contributed by atoms with Crippen molar-refractivity contribution in [1.82, 2.24) is 10.4 Å². The lowest BCUT2D eigenvalue weighted by Gasteiger charge is -2.15. The Morgan fingerprint density at radius 2 is 1.93 bits per heavy atom. The van der Waals surface area contributed by atoms with Crippen molar-refractivity contribution in [2.45, 2.75) is 0 Å². The molecule has 2 aromatic rings. The van der Waals surface area contributed by atoms with Crippen LogP contribution in [0.4, 0.5) is 5.69 Å². The van der Waals surface area contributed by atoms with Crippen LogP contribution in [0.5, 0.6) is 0 Å². The molecule has 1 fully saturated rings. The van der Waals surface area contributed by atoms with Crippen LogP contribution in [-0.4, -0.2) is 35.2 Å². The van der Waals surface area contributed by atoms with Crippen molar-refractivity contribution >= 4 is 67.8 Å². The van der Waals surface area contributed by atoms with Crippen molar-refractivity contribution in [2.75, 3.05) is 19.0 Å². The van der Waals surface area contributed by atoms with E-state index in [4.69, 9.17) is 12.2 Å². The molecule has 138 valence electrons. The van der Waals surface area contributed by atoms with Gasteiger partial charge in [0.15, 0.2) is 4.32 Å². The zero-order chi connectivity index (χ0) is 19.6. The van der Waals surface area contributed by atoms with E-state index in [-0.39, 0.29) is 11.8 Å². The first-order chi connectivity index (χ1) is 12.9. The fourth-order valence-corrected chi connectivity index (χ4v) is 4.38. The number of carbonyl (C=O) groups is 2. The van der Waals surface area contributed by atoms with Crippen LogP contribution in [0.2, 0.25) is 0 Å². The smallest absolute Gasteiger partial charge is 0.285 e. The van der Waals surface area contributed by atoms with E-state index in [1.54, 1.807) is 30.3 Å². The molecule has 0 atom stereocenters. The number of thioether (sulfide) groups is 1. The van der Waals surface area contributed by atoms with Gasteiger partial charge in [-0.2, -0.15) is 5.01 Å². The SMILES string of the molecule is CN(C)c1ccc(/C=C2\SC(=S)N(NC(=O)c3ccccc3)C2=O)cc1Br. The minimum atomic E-state index is -0.383. The predicted molar refractivity (Wildman–Crippen MR) is 117 cm³/mol. The lowest BCUT2D eigenvalue weighted by Crippen LogP contribution is -2.44. The molecule has 3 rings (SSSR count). The molecule has 8 heteroatoms. The van der Waals surface area contributed by atoms with Gasteiger partial charge in [0.1, 0.15) is 0 Å². The molecule has 0 unspecified atom stereocenters. The summed E-state index contributed by atoms with van der Waals surface area (Å²) in [5, 5.41) is 1.12. The highest BCUT2D eigenvalue weighted by Crippen LogP contribution is 2.33. The van der Waals surface area contributed by atoms with Crippen molar-refractivity contribution in [1.29, 1.82) is 0 Å². The van der Waals surface area contributed by atoms with E-state index < -0.39 is 0 Å². The van der Waals surface area contributed by atoms with Gasteiger partial charge < -0.3 is 4.90 Å². The third kappa shape index (κ3) is 4.40. The first-order valence-corrected chi connectivity index (χ1v) is 9.99. The zero-order valence-corrected chi connectivity index (χ0v) is 17.8. The molecule has 5 nitrogen and oxygen atoms in total. The van der Waals surface area contributed by atoms with Gasteiger partial charge in [0.25, 0.3) is 11.8 Å². The van der Waals surface area contributed by atoms with E-state index in [1.807, 2.05) is 43.3 Å². The number of benzene rings is 2. The van der Waals surface area contributed by atoms with Crippen molar-refractivity contribution in [3.05, 3.63) is 69.0 Å². The van der Waals surface area contributed by atoms with Crippen LogP contribution in [0.3, 0.4) is 0 Å². The Labute approximate surface area is 175 Å². The molecule has 2 aromatic carbocycles. The summed E-state index contributed by atoms with van der Waals surface area (Å²) in [5.74, 6) is -0.728. The van der Waals surface area contributed by atoms with Gasteiger partial charge in [0.2, 0.25) is 0 Å². The molecule has 0 spiro atoms. The number of hydrogen-bond acceptors (Lipinski definition) is 5. The normalized spacial score (nSPS) is 15.4. The largest absolute Gasteiger partial charge is 0.377 e. The summed E-state index contributed by atoms with van der Waals surface area (Å²) >= 11 is 9.95. The molecule has 1 aliphatic heterocycles. The number of thiocarbonyl (C=S) groups is 1. The van der Waals surface area contributed by atoms with Crippen molar-refractivity contribution in [3.8, 4) is 0 Å². The minimum absolute atomic E-state index is 0.291. The topological polar surface area (TPSA) is 52.6 Å². The average molecular weight is 462 g/mol. The summed E-state index contributed by atoms with van der Waals surface area (Å²) < 4.78 is 1.22. The fraction of sp³-hybridized carbons (Fsp3) is 0.105. The zero-order valence-electron chi connectivity index (χ0n) is 14.6. The number of amides is 2. The second kappa shape index (κ2) is 8.24. The molecule has 1 aliphatic rings. The molecule has 0 aliphatic carbocycles. The fourth-order valence-electron chi connectivity index (χ4n) is 2.45. The summed E-state index contributed by atoms with van der Waals surface area (Å²) in [6.07, 6.45) is 1.76. The van der Waals surface area contributed by atoms with Gasteiger partial charge >= 0.3 is 0 Å². The second-order valence-electron chi connectivity index (χ2n) is 5.93. The van der Waals surface area contributed by atoms with E-state index in [0.29, 0.717) is 14.8 Å². The van der Waals surface area contributed by atoms with Crippen LogP contribution in [0.25, 0.3) is 6.08 Å². The molecular weight excluding hydrogens is 446 g/mol. The molecule has 0 bridgehead atoms. The lowest BCUT2D eigenvalue weighted by atomic mass is 10.2. The number of rotatable bonds is 4. The predicted octanol–water partition coefficient (Wildman–Crippen LogP) is 4.06. The molecule has 1 saturated heterocycles. The highest BCUT2D eigenvalue weighted by atomic mass is 79.9. The van der Waals surface area contributed by atoms with Gasteiger partial charge in [-0.25, -0.2) is 0 Å². The second-order valence-corrected chi connectivity index (χ2v) is 8.46. The van der Waals surface area contributed by atoms with E-state index in [1.165, 1.54) is 0 Å². The minimum Gasteiger partial charge on any atom is -0.377 e. The summed E-state index contributed by atoms with van der Waals surface area (Å²) in [7, 11) is 3.92. The summed E-state index contributed by atoms with van der Waals surface area (Å²) in [6.45, 7) is 0. The van der Waals surface area contributed by atoms with Gasteiger partial charge in [-0.05, 0) is 64.1 Å². The van der Waals surface area contributed by atoms with Crippen LogP contribution in [0.1, 0.15) is 15.9 Å². The molecule has 1 N–H and O–H groups in total. The Bertz CT molecular complexity index is 945. The first kappa shape index (κ1) is 19.6. The molecular formula is C19H16BrN3O2S2. The number of hydrogen-bond donors (Lipinski definition) is 1. The van der Waals surface area contributed by atoms with Crippen molar-refractivity contribution in [2.24, 2.45) is 0 Å².